The molecule has 92 valence electrons. The van der Waals surface area contributed by atoms with Crippen LogP contribution in [0, 0.1) is 3.57 Å². The normalized spacial score (nSPS) is 10.3. The fraction of sp³-hybridized carbons (Fsp3) is 0. The minimum Gasteiger partial charge on any atom is -0.478 e. The van der Waals surface area contributed by atoms with Gasteiger partial charge in [0, 0.05) is 17.8 Å². The number of carbonyl (C=O) groups is 1. The van der Waals surface area contributed by atoms with Crippen LogP contribution in [-0.2, 0) is 0 Å². The van der Waals surface area contributed by atoms with Crippen molar-refractivity contribution in [2.75, 3.05) is 0 Å². The molecule has 2 nitrogen and oxygen atoms in total. The van der Waals surface area contributed by atoms with E-state index < -0.39 is 5.97 Å². The molecule has 0 saturated heterocycles. The van der Waals surface area contributed by atoms with Gasteiger partial charge >= 0.3 is 5.97 Å². The second-order valence-corrected chi connectivity index (χ2v) is 6.70. The molecule has 0 saturated carbocycles. The molecule has 1 N–H and O–H groups in total. The summed E-state index contributed by atoms with van der Waals surface area (Å²) in [5, 5.41) is 8.83. The van der Waals surface area contributed by atoms with Crippen molar-refractivity contribution in [1.29, 1.82) is 0 Å². The van der Waals surface area contributed by atoms with Gasteiger partial charge in [0.25, 0.3) is 0 Å². The molecule has 0 unspecified atom stereocenters. The summed E-state index contributed by atoms with van der Waals surface area (Å²) in [5.74, 6) is -0.898. The topological polar surface area (TPSA) is 37.3 Å². The van der Waals surface area contributed by atoms with Crippen LogP contribution < -0.4 is 0 Å². The summed E-state index contributed by atoms with van der Waals surface area (Å²) in [6, 6.07) is 13.0. The Kier molecular flexibility index (Phi) is 4.69. The Labute approximate surface area is 131 Å². The van der Waals surface area contributed by atoms with E-state index >= 15 is 0 Å². The molecule has 0 spiro atoms. The van der Waals surface area contributed by atoms with E-state index in [1.165, 1.54) is 0 Å². The van der Waals surface area contributed by atoms with Gasteiger partial charge in [-0.1, -0.05) is 27.7 Å². The van der Waals surface area contributed by atoms with Crippen LogP contribution in [0.4, 0.5) is 0 Å². The van der Waals surface area contributed by atoms with E-state index in [1.54, 1.807) is 23.9 Å². The highest BCUT2D eigenvalue weighted by atomic mass is 127. The summed E-state index contributed by atoms with van der Waals surface area (Å²) in [5.41, 5.74) is 0.310. The van der Waals surface area contributed by atoms with Crippen molar-refractivity contribution in [1.82, 2.24) is 0 Å². The van der Waals surface area contributed by atoms with E-state index in [9.17, 15) is 4.79 Å². The zero-order valence-electron chi connectivity index (χ0n) is 9.06. The van der Waals surface area contributed by atoms with Crippen LogP contribution in [0.5, 0.6) is 0 Å². The molecule has 0 aromatic heterocycles. The molecule has 0 radical (unpaired) electrons. The maximum atomic E-state index is 10.7. The predicted molar refractivity (Wildman–Crippen MR) is 84.4 cm³/mol. The van der Waals surface area contributed by atoms with Crippen molar-refractivity contribution in [3.63, 3.8) is 0 Å². The number of halogens is 2. The standard InChI is InChI=1S/C13H8BrIO2S/c14-9-3-6-12(11(15)7-9)18-10-4-1-8(2-5-10)13(16)17/h1-7H,(H,16,17). The van der Waals surface area contributed by atoms with Crippen LogP contribution >= 0.6 is 50.3 Å². The van der Waals surface area contributed by atoms with Gasteiger partial charge in [-0.25, -0.2) is 4.79 Å². The van der Waals surface area contributed by atoms with Crippen molar-refractivity contribution in [3.8, 4) is 0 Å². The van der Waals surface area contributed by atoms with E-state index in [4.69, 9.17) is 5.11 Å². The number of aromatic carboxylic acids is 1. The van der Waals surface area contributed by atoms with Gasteiger partial charge in [-0.15, -0.1) is 0 Å². The molecule has 2 aromatic rings. The quantitative estimate of drug-likeness (QED) is 0.698. The predicted octanol–water partition coefficient (Wildman–Crippen LogP) is 4.90. The number of hydrogen-bond donors (Lipinski definition) is 1. The zero-order chi connectivity index (χ0) is 13.1. The molecule has 2 aromatic carbocycles. The minimum atomic E-state index is -0.898. The van der Waals surface area contributed by atoms with Crippen molar-refractivity contribution in [2.45, 2.75) is 9.79 Å². The van der Waals surface area contributed by atoms with Crippen LogP contribution in [0.2, 0.25) is 0 Å². The first-order valence-electron chi connectivity index (χ1n) is 5.02. The molecule has 0 aliphatic rings. The van der Waals surface area contributed by atoms with Gasteiger partial charge < -0.3 is 5.11 Å². The van der Waals surface area contributed by atoms with E-state index in [-0.39, 0.29) is 0 Å². The molecule has 0 atom stereocenters. The largest absolute Gasteiger partial charge is 0.478 e. The SMILES string of the molecule is O=C(O)c1ccc(Sc2ccc(Br)cc2I)cc1. The smallest absolute Gasteiger partial charge is 0.335 e. The third-order valence-electron chi connectivity index (χ3n) is 2.22. The van der Waals surface area contributed by atoms with Crippen molar-refractivity contribution in [3.05, 3.63) is 56.1 Å². The second kappa shape index (κ2) is 6.08. The molecule has 2 rings (SSSR count). The third-order valence-corrected chi connectivity index (χ3v) is 5.06. The Bertz CT molecular complexity index is 584. The van der Waals surface area contributed by atoms with Crippen molar-refractivity contribution >= 4 is 56.3 Å². The molecule has 18 heavy (non-hydrogen) atoms. The van der Waals surface area contributed by atoms with Gasteiger partial charge in [0.15, 0.2) is 0 Å². The molecule has 0 fully saturated rings. The number of carboxylic acid groups (broad SMARTS) is 1. The Balaban J connectivity index is 2.21. The summed E-state index contributed by atoms with van der Waals surface area (Å²) < 4.78 is 2.21. The molecular formula is C13H8BrIO2S. The number of hydrogen-bond acceptors (Lipinski definition) is 2. The molecule has 0 aliphatic carbocycles. The summed E-state index contributed by atoms with van der Waals surface area (Å²) >= 11 is 7.34. The lowest BCUT2D eigenvalue weighted by molar-refractivity contribution is 0.0697. The van der Waals surface area contributed by atoms with E-state index in [0.29, 0.717) is 5.56 Å². The lowest BCUT2D eigenvalue weighted by Gasteiger charge is -2.05. The molecular weight excluding hydrogens is 427 g/mol. The highest BCUT2D eigenvalue weighted by Gasteiger charge is 2.05. The van der Waals surface area contributed by atoms with E-state index in [0.717, 1.165) is 17.8 Å². The second-order valence-electron chi connectivity index (χ2n) is 3.51. The van der Waals surface area contributed by atoms with Gasteiger partial charge in [-0.05, 0) is 65.1 Å². The fourth-order valence-electron chi connectivity index (χ4n) is 1.35. The summed E-state index contributed by atoms with van der Waals surface area (Å²) in [6.07, 6.45) is 0. The van der Waals surface area contributed by atoms with Gasteiger partial charge in [-0.3, -0.25) is 0 Å². The third kappa shape index (κ3) is 3.49. The van der Waals surface area contributed by atoms with E-state index in [1.807, 2.05) is 24.3 Å². The molecule has 0 amide bonds. The van der Waals surface area contributed by atoms with Crippen LogP contribution in [0.3, 0.4) is 0 Å². The maximum absolute atomic E-state index is 10.7. The first-order valence-corrected chi connectivity index (χ1v) is 7.71. The fourth-order valence-corrected chi connectivity index (χ4v) is 3.80. The number of carboxylic acids is 1. The summed E-state index contributed by atoms with van der Waals surface area (Å²) in [7, 11) is 0. The monoisotopic (exact) mass is 434 g/mol. The Morgan fingerprint density at radius 1 is 1.17 bits per heavy atom. The van der Waals surface area contributed by atoms with Crippen LogP contribution in [-0.4, -0.2) is 11.1 Å². The molecule has 0 aliphatic heterocycles. The van der Waals surface area contributed by atoms with Crippen molar-refractivity contribution in [2.24, 2.45) is 0 Å². The highest BCUT2D eigenvalue weighted by molar-refractivity contribution is 14.1. The van der Waals surface area contributed by atoms with E-state index in [2.05, 4.69) is 44.6 Å². The lowest BCUT2D eigenvalue weighted by Crippen LogP contribution is -1.94. The van der Waals surface area contributed by atoms with Crippen LogP contribution in [0.1, 0.15) is 10.4 Å². The molecule has 0 bridgehead atoms. The van der Waals surface area contributed by atoms with Gasteiger partial charge in [0.05, 0.1) is 5.56 Å². The highest BCUT2D eigenvalue weighted by Crippen LogP contribution is 2.32. The number of benzene rings is 2. The molecule has 5 heteroatoms. The molecule has 0 heterocycles. The summed E-state index contributed by atoms with van der Waals surface area (Å²) in [4.78, 5) is 12.9. The van der Waals surface area contributed by atoms with Gasteiger partial charge in [0.2, 0.25) is 0 Å². The first kappa shape index (κ1) is 13.9. The Morgan fingerprint density at radius 3 is 2.39 bits per heavy atom. The first-order chi connectivity index (χ1) is 8.56. The van der Waals surface area contributed by atoms with Crippen LogP contribution in [0.25, 0.3) is 0 Å². The van der Waals surface area contributed by atoms with Gasteiger partial charge in [-0.2, -0.15) is 0 Å². The average molecular weight is 435 g/mol. The number of rotatable bonds is 3. The maximum Gasteiger partial charge on any atom is 0.335 e. The lowest BCUT2D eigenvalue weighted by atomic mass is 10.2. The summed E-state index contributed by atoms with van der Waals surface area (Å²) in [6.45, 7) is 0. The average Bonchev–Trinajstić information content (AvgIpc) is 2.33. The Morgan fingerprint density at radius 2 is 1.83 bits per heavy atom. The minimum absolute atomic E-state index is 0.310. The Hall–Kier alpha value is -0.530. The van der Waals surface area contributed by atoms with Crippen molar-refractivity contribution < 1.29 is 9.90 Å². The zero-order valence-corrected chi connectivity index (χ0v) is 13.6. The van der Waals surface area contributed by atoms with Gasteiger partial charge in [0.1, 0.15) is 0 Å². The van der Waals surface area contributed by atoms with Crippen LogP contribution in [0.15, 0.2) is 56.7 Å².